The topological polar surface area (TPSA) is 43.4 Å². The Bertz CT molecular complexity index is 1270. The lowest BCUT2D eigenvalue weighted by molar-refractivity contribution is -0.382. The van der Waals surface area contributed by atoms with Crippen molar-refractivity contribution in [1.82, 2.24) is 0 Å². The van der Waals surface area contributed by atoms with Gasteiger partial charge in [0, 0.05) is 0 Å². The zero-order valence-corrected chi connectivity index (χ0v) is 16.7. The van der Waals surface area contributed by atoms with Crippen LogP contribution in [0.15, 0.2) is 66.7 Å². The van der Waals surface area contributed by atoms with Crippen molar-refractivity contribution in [3.8, 4) is 16.9 Å². The smallest absolute Gasteiger partial charge is 0.378 e. The van der Waals surface area contributed by atoms with E-state index in [0.29, 0.717) is 16.5 Å². The first-order valence-electron chi connectivity index (χ1n) is 8.75. The molecule has 0 fully saturated rings. The van der Waals surface area contributed by atoms with Crippen LogP contribution in [0.5, 0.6) is 5.75 Å². The Balaban J connectivity index is 2.01. The van der Waals surface area contributed by atoms with E-state index < -0.39 is 39.1 Å². The molecule has 3 nitrogen and oxygen atoms in total. The number of fused-ring (bicyclic) bond motifs is 1. The highest BCUT2D eigenvalue weighted by molar-refractivity contribution is 7.88. The molecule has 0 saturated carbocycles. The summed E-state index contributed by atoms with van der Waals surface area (Å²) in [6, 6.07) is 16.0. The summed E-state index contributed by atoms with van der Waals surface area (Å²) in [5.74, 6) is -15.7. The van der Waals surface area contributed by atoms with Crippen molar-refractivity contribution in [3.05, 3.63) is 66.7 Å². The van der Waals surface area contributed by atoms with E-state index in [-0.39, 0.29) is 5.39 Å². The fourth-order valence-electron chi connectivity index (χ4n) is 2.88. The number of hydrogen-bond donors (Lipinski definition) is 0. The summed E-state index contributed by atoms with van der Waals surface area (Å²) >= 11 is 0. The van der Waals surface area contributed by atoms with Gasteiger partial charge in [-0.3, -0.25) is 0 Å². The second-order valence-corrected chi connectivity index (χ2v) is 8.34. The third-order valence-corrected chi connectivity index (χ3v) is 5.87. The van der Waals surface area contributed by atoms with Crippen LogP contribution >= 0.6 is 0 Å². The van der Waals surface area contributed by atoms with Gasteiger partial charge in [-0.15, -0.1) is 0 Å². The minimum Gasteiger partial charge on any atom is -0.378 e. The average molecular weight is 502 g/mol. The van der Waals surface area contributed by atoms with Crippen molar-refractivity contribution in [2.45, 2.75) is 23.3 Å². The van der Waals surface area contributed by atoms with E-state index in [0.717, 1.165) is 12.1 Å². The van der Waals surface area contributed by atoms with Crippen LogP contribution in [0.2, 0.25) is 0 Å². The van der Waals surface area contributed by atoms with E-state index in [2.05, 4.69) is 4.18 Å². The van der Waals surface area contributed by atoms with E-state index in [9.17, 15) is 47.9 Å². The third kappa shape index (κ3) is 3.98. The fraction of sp³-hybridized carbons (Fsp3) is 0.200. The van der Waals surface area contributed by atoms with Gasteiger partial charge < -0.3 is 4.18 Å². The van der Waals surface area contributed by atoms with E-state index in [4.69, 9.17) is 0 Å². The minimum absolute atomic E-state index is 0.180. The first-order valence-corrected chi connectivity index (χ1v) is 10.2. The third-order valence-electron chi connectivity index (χ3n) is 4.57. The van der Waals surface area contributed by atoms with Gasteiger partial charge in [-0.05, 0) is 34.0 Å². The number of rotatable bonds is 6. The predicted molar refractivity (Wildman–Crippen MR) is 99.8 cm³/mol. The van der Waals surface area contributed by atoms with Crippen LogP contribution in [0.4, 0.5) is 39.5 Å². The number of benzene rings is 3. The lowest BCUT2D eigenvalue weighted by Gasteiger charge is -2.32. The predicted octanol–water partition coefficient (Wildman–Crippen LogP) is 6.64. The van der Waals surface area contributed by atoms with Crippen LogP contribution in [-0.4, -0.2) is 31.7 Å². The fourth-order valence-corrected chi connectivity index (χ4v) is 3.78. The normalized spacial score (nSPS) is 13.8. The molecule has 0 aliphatic heterocycles. The van der Waals surface area contributed by atoms with Crippen molar-refractivity contribution >= 4 is 20.9 Å². The maximum absolute atomic E-state index is 13.8. The monoisotopic (exact) mass is 502 g/mol. The first-order chi connectivity index (χ1) is 15.0. The molecule has 0 amide bonds. The molecule has 0 radical (unpaired) electrons. The molecule has 0 heterocycles. The van der Waals surface area contributed by atoms with Crippen LogP contribution < -0.4 is 4.18 Å². The first kappa shape index (κ1) is 24.7. The Morgan fingerprint density at radius 3 is 1.85 bits per heavy atom. The molecule has 0 atom stereocenters. The van der Waals surface area contributed by atoms with Gasteiger partial charge in [0.2, 0.25) is 0 Å². The number of hydrogen-bond acceptors (Lipinski definition) is 3. The molecule has 0 bridgehead atoms. The van der Waals surface area contributed by atoms with Gasteiger partial charge in [-0.2, -0.15) is 47.9 Å². The molecule has 0 aromatic heterocycles. The van der Waals surface area contributed by atoms with Crippen molar-refractivity contribution in [2.24, 2.45) is 0 Å². The number of halogens is 9. The van der Waals surface area contributed by atoms with E-state index in [1.807, 2.05) is 0 Å². The molecule has 0 spiro atoms. The standard InChI is InChI=1S/C20H11F9O3S/c21-17(22,19(25,26)27)18(23,24)20(28,29)33(30,31)32-14-9-10-16-13(11-14)7-4-8-15(16)12-5-2-1-3-6-12/h1-11H. The van der Waals surface area contributed by atoms with Crippen molar-refractivity contribution < 1.29 is 52.1 Å². The van der Waals surface area contributed by atoms with Crippen LogP contribution in [0.25, 0.3) is 21.9 Å². The van der Waals surface area contributed by atoms with Crippen molar-refractivity contribution in [1.29, 1.82) is 0 Å². The van der Waals surface area contributed by atoms with Gasteiger partial charge in [0.1, 0.15) is 5.75 Å². The summed E-state index contributed by atoms with van der Waals surface area (Å²) in [6.07, 6.45) is -7.16. The Morgan fingerprint density at radius 2 is 1.27 bits per heavy atom. The highest BCUT2D eigenvalue weighted by Crippen LogP contribution is 2.55. The highest BCUT2D eigenvalue weighted by Gasteiger charge is 2.86. The second kappa shape index (κ2) is 7.82. The zero-order valence-electron chi connectivity index (χ0n) is 15.9. The van der Waals surface area contributed by atoms with Crippen molar-refractivity contribution in [3.63, 3.8) is 0 Å². The van der Waals surface area contributed by atoms with Gasteiger partial charge >= 0.3 is 33.4 Å². The van der Waals surface area contributed by atoms with Gasteiger partial charge in [0.25, 0.3) is 0 Å². The quantitative estimate of drug-likeness (QED) is 0.280. The number of alkyl halides is 9. The molecule has 3 aromatic carbocycles. The zero-order chi connectivity index (χ0) is 24.9. The summed E-state index contributed by atoms with van der Waals surface area (Å²) in [4.78, 5) is 0. The van der Waals surface area contributed by atoms with Crippen LogP contribution in [-0.2, 0) is 10.1 Å². The molecule has 0 saturated heterocycles. The molecule has 0 N–H and O–H groups in total. The molecule has 33 heavy (non-hydrogen) atoms. The Hall–Kier alpha value is -2.96. The van der Waals surface area contributed by atoms with Gasteiger partial charge in [0.05, 0.1) is 0 Å². The highest BCUT2D eigenvalue weighted by atomic mass is 32.2. The van der Waals surface area contributed by atoms with E-state index in [1.165, 1.54) is 18.2 Å². The van der Waals surface area contributed by atoms with Gasteiger partial charge in [0.15, 0.2) is 0 Å². The summed E-state index contributed by atoms with van der Waals surface area (Å²) < 4.78 is 145. The minimum atomic E-state index is -7.37. The van der Waals surface area contributed by atoms with E-state index >= 15 is 0 Å². The maximum Gasteiger partial charge on any atom is 0.460 e. The maximum atomic E-state index is 13.8. The van der Waals surface area contributed by atoms with Crippen LogP contribution in [0, 0.1) is 0 Å². The molecule has 13 heteroatoms. The summed E-state index contributed by atoms with van der Waals surface area (Å²) in [5, 5.41) is -6.30. The Labute approximate surface area is 180 Å². The lowest BCUT2D eigenvalue weighted by atomic mass is 9.98. The Kier molecular flexibility index (Phi) is 5.85. The molecule has 178 valence electrons. The molecular weight excluding hydrogens is 491 g/mol. The Morgan fingerprint density at radius 1 is 0.667 bits per heavy atom. The average Bonchev–Trinajstić information content (AvgIpc) is 2.72. The summed E-state index contributed by atoms with van der Waals surface area (Å²) in [6.45, 7) is 0. The summed E-state index contributed by atoms with van der Waals surface area (Å²) in [7, 11) is -7.01. The largest absolute Gasteiger partial charge is 0.460 e. The van der Waals surface area contributed by atoms with E-state index in [1.54, 1.807) is 36.4 Å². The van der Waals surface area contributed by atoms with Crippen molar-refractivity contribution in [2.75, 3.05) is 0 Å². The SMILES string of the molecule is O=S(=O)(Oc1ccc2c(-c3ccccc3)cccc2c1)C(F)(F)C(F)(F)C(F)(F)C(F)(F)F. The van der Waals surface area contributed by atoms with Crippen LogP contribution in [0.3, 0.4) is 0 Å². The van der Waals surface area contributed by atoms with Crippen LogP contribution in [0.1, 0.15) is 0 Å². The summed E-state index contributed by atoms with van der Waals surface area (Å²) in [5.41, 5.74) is 1.33. The van der Waals surface area contributed by atoms with Gasteiger partial charge in [-0.25, -0.2) is 0 Å². The molecule has 0 aliphatic carbocycles. The van der Waals surface area contributed by atoms with Gasteiger partial charge in [-0.1, -0.05) is 54.6 Å². The molecular formula is C20H11F9O3S. The lowest BCUT2D eigenvalue weighted by Crippen LogP contribution is -2.63. The second-order valence-electron chi connectivity index (χ2n) is 6.76. The molecule has 3 aromatic rings. The molecule has 0 aliphatic rings. The molecule has 0 unspecified atom stereocenters. The molecule has 3 rings (SSSR count).